The summed E-state index contributed by atoms with van der Waals surface area (Å²) in [6.45, 7) is 0. The van der Waals surface area contributed by atoms with E-state index in [2.05, 4.69) is 0 Å². The van der Waals surface area contributed by atoms with Gasteiger partial charge < -0.3 is 19.7 Å². The van der Waals surface area contributed by atoms with Crippen LogP contribution in [-0.2, 0) is 9.59 Å². The fourth-order valence-corrected chi connectivity index (χ4v) is 4.31. The van der Waals surface area contributed by atoms with E-state index in [4.69, 9.17) is 32.7 Å². The number of carbonyl (C=O) groups is 2. The van der Waals surface area contributed by atoms with E-state index in [9.17, 15) is 19.8 Å². The topological polar surface area (TPSA) is 96.3 Å². The molecule has 0 bridgehead atoms. The summed E-state index contributed by atoms with van der Waals surface area (Å²) in [5.74, 6) is -2.21. The zero-order valence-electron chi connectivity index (χ0n) is 18.1. The van der Waals surface area contributed by atoms with Crippen LogP contribution in [0.25, 0.3) is 5.76 Å². The highest BCUT2D eigenvalue weighted by molar-refractivity contribution is 6.51. The minimum atomic E-state index is -1.09. The molecule has 3 aromatic rings. The third-order valence-electron chi connectivity index (χ3n) is 5.48. The summed E-state index contributed by atoms with van der Waals surface area (Å²) in [6.07, 6.45) is 0. The van der Waals surface area contributed by atoms with Crippen molar-refractivity contribution in [1.82, 2.24) is 0 Å². The molecule has 7 nitrogen and oxygen atoms in total. The maximum atomic E-state index is 13.3. The molecule has 0 spiro atoms. The lowest BCUT2D eigenvalue weighted by atomic mass is 9.94. The number of Topliss-reactive ketones (excluding diaryl/α,β-unsaturated/α-hetero) is 1. The predicted molar refractivity (Wildman–Crippen MR) is 129 cm³/mol. The second-order valence-corrected chi connectivity index (χ2v) is 8.25. The number of methoxy groups -OCH3 is 2. The van der Waals surface area contributed by atoms with Gasteiger partial charge in [-0.25, -0.2) is 0 Å². The first kappa shape index (κ1) is 23.5. The van der Waals surface area contributed by atoms with E-state index in [0.717, 1.165) is 0 Å². The van der Waals surface area contributed by atoms with Crippen LogP contribution in [0.2, 0.25) is 10.0 Å². The molecule has 3 aromatic carbocycles. The molecule has 1 aliphatic rings. The zero-order valence-corrected chi connectivity index (χ0v) is 19.6. The van der Waals surface area contributed by atoms with Crippen LogP contribution in [-0.4, -0.2) is 36.1 Å². The molecule has 1 aliphatic heterocycles. The average Bonchev–Trinajstić information content (AvgIpc) is 3.11. The average molecular weight is 500 g/mol. The van der Waals surface area contributed by atoms with Crippen LogP contribution >= 0.6 is 23.2 Å². The number of benzene rings is 3. The van der Waals surface area contributed by atoms with E-state index < -0.39 is 23.5 Å². The molecule has 0 saturated carbocycles. The molecule has 0 radical (unpaired) electrons. The van der Waals surface area contributed by atoms with Crippen molar-refractivity contribution in [2.45, 2.75) is 6.04 Å². The van der Waals surface area contributed by atoms with Crippen molar-refractivity contribution in [3.05, 3.63) is 87.4 Å². The molecule has 4 rings (SSSR count). The molecule has 1 atom stereocenters. The quantitative estimate of drug-likeness (QED) is 0.279. The Hall–Kier alpha value is -3.68. The van der Waals surface area contributed by atoms with Crippen molar-refractivity contribution in [2.24, 2.45) is 0 Å². The number of amides is 1. The number of halogens is 2. The van der Waals surface area contributed by atoms with Gasteiger partial charge in [-0.1, -0.05) is 41.4 Å². The number of phenols is 1. The molecule has 174 valence electrons. The largest absolute Gasteiger partial charge is 0.507 e. The highest BCUT2D eigenvalue weighted by atomic mass is 35.5. The van der Waals surface area contributed by atoms with Crippen molar-refractivity contribution in [3.63, 3.8) is 0 Å². The van der Waals surface area contributed by atoms with Gasteiger partial charge in [0.05, 0.1) is 36.4 Å². The number of hydrogen-bond acceptors (Lipinski definition) is 6. The Labute approximate surface area is 205 Å². The van der Waals surface area contributed by atoms with Crippen LogP contribution in [0.5, 0.6) is 17.2 Å². The molecule has 0 aromatic heterocycles. The normalized spacial score (nSPS) is 17.2. The van der Waals surface area contributed by atoms with Gasteiger partial charge >= 0.3 is 0 Å². The number of hydrogen-bond donors (Lipinski definition) is 2. The first-order valence-corrected chi connectivity index (χ1v) is 10.8. The minimum absolute atomic E-state index is 0.0430. The zero-order chi connectivity index (χ0) is 24.6. The lowest BCUT2D eigenvalue weighted by Crippen LogP contribution is -2.29. The maximum absolute atomic E-state index is 13.3. The Morgan fingerprint density at radius 1 is 0.941 bits per heavy atom. The Kier molecular flexibility index (Phi) is 6.41. The Morgan fingerprint density at radius 2 is 1.62 bits per heavy atom. The standard InChI is InChI=1S/C25H19Cl2NO6/c1-33-18-9-8-14(26)12-16(18)22(29)20-21(13-10-17(27)23(30)19(11-13)34-2)28(25(32)24(20)31)15-6-4-3-5-7-15/h3-12,21,29-30H,1-2H3/b22-20+. The molecule has 1 saturated heterocycles. The van der Waals surface area contributed by atoms with Gasteiger partial charge in [0.1, 0.15) is 11.5 Å². The van der Waals surface area contributed by atoms with Gasteiger partial charge in [0.25, 0.3) is 11.7 Å². The number of nitrogens with zero attached hydrogens (tertiary/aromatic N) is 1. The van der Waals surface area contributed by atoms with E-state index in [-0.39, 0.29) is 33.4 Å². The van der Waals surface area contributed by atoms with Crippen LogP contribution in [0.3, 0.4) is 0 Å². The van der Waals surface area contributed by atoms with Crippen LogP contribution in [0, 0.1) is 0 Å². The summed E-state index contributed by atoms with van der Waals surface area (Å²) in [5, 5.41) is 21.8. The number of anilines is 1. The molecule has 34 heavy (non-hydrogen) atoms. The van der Waals surface area contributed by atoms with Crippen LogP contribution in [0.1, 0.15) is 17.2 Å². The highest BCUT2D eigenvalue weighted by Crippen LogP contribution is 2.46. The molecule has 1 unspecified atom stereocenters. The Morgan fingerprint density at radius 3 is 2.26 bits per heavy atom. The van der Waals surface area contributed by atoms with Crippen molar-refractivity contribution in [3.8, 4) is 17.2 Å². The number of ketones is 1. The van der Waals surface area contributed by atoms with Crippen molar-refractivity contribution in [2.75, 3.05) is 19.1 Å². The summed E-state index contributed by atoms with van der Waals surface area (Å²) in [4.78, 5) is 27.8. The number of phenolic OH excluding ortho intramolecular Hbond substituents is 1. The van der Waals surface area contributed by atoms with Gasteiger partial charge in [0.2, 0.25) is 0 Å². The van der Waals surface area contributed by atoms with E-state index in [1.807, 2.05) is 0 Å². The van der Waals surface area contributed by atoms with Crippen LogP contribution < -0.4 is 14.4 Å². The van der Waals surface area contributed by atoms with Crippen molar-refractivity contribution >= 4 is 46.3 Å². The second-order valence-electron chi connectivity index (χ2n) is 7.40. The van der Waals surface area contributed by atoms with Gasteiger partial charge in [-0.05, 0) is 48.0 Å². The highest BCUT2D eigenvalue weighted by Gasteiger charge is 2.47. The van der Waals surface area contributed by atoms with Crippen molar-refractivity contribution < 1.29 is 29.3 Å². The molecule has 0 aliphatic carbocycles. The Bertz CT molecular complexity index is 1320. The number of para-hydroxylation sites is 1. The summed E-state index contributed by atoms with van der Waals surface area (Å²) in [5.41, 5.74) is 0.709. The second kappa shape index (κ2) is 9.29. The predicted octanol–water partition coefficient (Wildman–Crippen LogP) is 5.34. The van der Waals surface area contributed by atoms with Crippen LogP contribution in [0.4, 0.5) is 5.69 Å². The lowest BCUT2D eigenvalue weighted by molar-refractivity contribution is -0.132. The third-order valence-corrected chi connectivity index (χ3v) is 6.01. The van der Waals surface area contributed by atoms with E-state index in [1.165, 1.54) is 37.3 Å². The fraction of sp³-hybridized carbons (Fsp3) is 0.120. The SMILES string of the molecule is COc1ccc(Cl)cc1/C(O)=C1\C(=O)C(=O)N(c2ccccc2)C1c1cc(Cl)c(O)c(OC)c1. The van der Waals surface area contributed by atoms with Gasteiger partial charge in [-0.2, -0.15) is 0 Å². The molecule has 1 amide bonds. The van der Waals surface area contributed by atoms with Gasteiger partial charge in [-0.3, -0.25) is 14.5 Å². The molecular weight excluding hydrogens is 481 g/mol. The minimum Gasteiger partial charge on any atom is -0.507 e. The number of rotatable bonds is 5. The maximum Gasteiger partial charge on any atom is 0.300 e. The monoisotopic (exact) mass is 499 g/mol. The summed E-state index contributed by atoms with van der Waals surface area (Å²) in [6, 6.07) is 14.9. The first-order chi connectivity index (χ1) is 16.3. The summed E-state index contributed by atoms with van der Waals surface area (Å²) in [7, 11) is 2.75. The fourth-order valence-electron chi connectivity index (χ4n) is 3.92. The Balaban J connectivity index is 2.04. The van der Waals surface area contributed by atoms with Gasteiger partial charge in [-0.15, -0.1) is 0 Å². The molecule has 1 fully saturated rings. The number of carbonyl (C=O) groups excluding carboxylic acids is 2. The molecule has 1 heterocycles. The van der Waals surface area contributed by atoms with Gasteiger partial charge in [0, 0.05) is 10.7 Å². The lowest BCUT2D eigenvalue weighted by Gasteiger charge is -2.26. The molecule has 9 heteroatoms. The van der Waals surface area contributed by atoms with Gasteiger partial charge in [0.15, 0.2) is 11.5 Å². The first-order valence-electron chi connectivity index (χ1n) is 10.0. The number of aromatic hydroxyl groups is 1. The van der Waals surface area contributed by atoms with E-state index >= 15 is 0 Å². The van der Waals surface area contributed by atoms with Crippen LogP contribution in [0.15, 0.2) is 66.2 Å². The summed E-state index contributed by atoms with van der Waals surface area (Å²) >= 11 is 12.4. The number of ether oxygens (including phenoxy) is 2. The number of aliphatic hydroxyl groups excluding tert-OH is 1. The van der Waals surface area contributed by atoms with Crippen molar-refractivity contribution in [1.29, 1.82) is 0 Å². The molecule has 2 N–H and O–H groups in total. The summed E-state index contributed by atoms with van der Waals surface area (Å²) < 4.78 is 10.5. The third kappa shape index (κ3) is 3.93. The number of aliphatic hydroxyl groups is 1. The van der Waals surface area contributed by atoms with E-state index in [1.54, 1.807) is 42.5 Å². The molecular formula is C25H19Cl2NO6. The smallest absolute Gasteiger partial charge is 0.300 e. The van der Waals surface area contributed by atoms with E-state index in [0.29, 0.717) is 16.3 Å².